The van der Waals surface area contributed by atoms with Gasteiger partial charge in [-0.25, -0.2) is 5.90 Å². The molecule has 0 amide bonds. The van der Waals surface area contributed by atoms with Crippen molar-refractivity contribution in [1.29, 1.82) is 0 Å². The molecule has 0 saturated carbocycles. The van der Waals surface area contributed by atoms with Gasteiger partial charge in [0.05, 0.1) is 6.61 Å². The first-order valence-corrected chi connectivity index (χ1v) is 4.71. The highest BCUT2D eigenvalue weighted by Crippen LogP contribution is 2.24. The fourth-order valence-corrected chi connectivity index (χ4v) is 1.19. The van der Waals surface area contributed by atoms with E-state index < -0.39 is 5.60 Å². The summed E-state index contributed by atoms with van der Waals surface area (Å²) in [6.45, 7) is 6.47. The minimum atomic E-state index is -0.454. The lowest BCUT2D eigenvalue weighted by Crippen LogP contribution is -2.25. The van der Waals surface area contributed by atoms with E-state index in [2.05, 4.69) is 0 Å². The first kappa shape index (κ1) is 11.0. The SMILES string of the molecule is CCOc1ccc(C(C)(C)ON)cc1. The Bertz CT molecular complexity index is 280. The molecule has 0 heterocycles. The van der Waals surface area contributed by atoms with Gasteiger partial charge in [-0.3, -0.25) is 4.84 Å². The number of ether oxygens (including phenoxy) is 1. The predicted octanol–water partition coefficient (Wildman–Crippen LogP) is 2.21. The molecule has 0 aliphatic carbocycles. The Hall–Kier alpha value is -1.06. The maximum atomic E-state index is 5.34. The lowest BCUT2D eigenvalue weighted by molar-refractivity contribution is -0.0236. The predicted molar refractivity (Wildman–Crippen MR) is 55.9 cm³/mol. The second kappa shape index (κ2) is 4.44. The Morgan fingerprint density at radius 1 is 1.21 bits per heavy atom. The summed E-state index contributed by atoms with van der Waals surface area (Å²) in [5.74, 6) is 6.07. The van der Waals surface area contributed by atoms with E-state index in [-0.39, 0.29) is 0 Å². The Morgan fingerprint density at radius 2 is 1.79 bits per heavy atom. The molecule has 3 nitrogen and oxygen atoms in total. The lowest BCUT2D eigenvalue weighted by Gasteiger charge is -2.22. The minimum Gasteiger partial charge on any atom is -0.494 e. The standard InChI is InChI=1S/C11H17NO2/c1-4-13-10-7-5-9(6-8-10)11(2,3)14-12/h5-8H,4,12H2,1-3H3. The van der Waals surface area contributed by atoms with Crippen molar-refractivity contribution >= 4 is 0 Å². The molecule has 0 aliphatic heterocycles. The summed E-state index contributed by atoms with van der Waals surface area (Å²) in [5, 5.41) is 0. The summed E-state index contributed by atoms with van der Waals surface area (Å²) in [6.07, 6.45) is 0. The van der Waals surface area contributed by atoms with Crippen LogP contribution in [0.3, 0.4) is 0 Å². The molecule has 2 N–H and O–H groups in total. The molecule has 0 fully saturated rings. The van der Waals surface area contributed by atoms with Gasteiger partial charge in [-0.2, -0.15) is 0 Å². The lowest BCUT2D eigenvalue weighted by atomic mass is 9.98. The van der Waals surface area contributed by atoms with Crippen LogP contribution in [0.5, 0.6) is 5.75 Å². The van der Waals surface area contributed by atoms with Crippen molar-refractivity contribution in [2.24, 2.45) is 5.90 Å². The number of hydrogen-bond donors (Lipinski definition) is 1. The second-order valence-electron chi connectivity index (χ2n) is 3.59. The monoisotopic (exact) mass is 195 g/mol. The number of nitrogens with two attached hydrogens (primary N) is 1. The number of hydrogen-bond acceptors (Lipinski definition) is 3. The quantitative estimate of drug-likeness (QED) is 0.749. The molecule has 0 saturated heterocycles. The summed E-state index contributed by atoms with van der Waals surface area (Å²) in [6, 6.07) is 7.74. The van der Waals surface area contributed by atoms with Crippen LogP contribution in [0.15, 0.2) is 24.3 Å². The van der Waals surface area contributed by atoms with Gasteiger partial charge in [-0.1, -0.05) is 12.1 Å². The fourth-order valence-electron chi connectivity index (χ4n) is 1.19. The van der Waals surface area contributed by atoms with Crippen molar-refractivity contribution in [2.75, 3.05) is 6.61 Å². The second-order valence-corrected chi connectivity index (χ2v) is 3.59. The molecule has 1 aromatic rings. The summed E-state index contributed by atoms with van der Waals surface area (Å²) < 4.78 is 5.34. The third-order valence-corrected chi connectivity index (χ3v) is 2.16. The van der Waals surface area contributed by atoms with Gasteiger partial charge < -0.3 is 4.74 Å². The van der Waals surface area contributed by atoms with E-state index in [1.807, 2.05) is 45.0 Å². The zero-order chi connectivity index (χ0) is 10.6. The average molecular weight is 195 g/mol. The Labute approximate surface area is 84.8 Å². The van der Waals surface area contributed by atoms with Gasteiger partial charge in [0.2, 0.25) is 0 Å². The maximum absolute atomic E-state index is 5.34. The van der Waals surface area contributed by atoms with Crippen molar-refractivity contribution in [3.8, 4) is 5.75 Å². The molecule has 0 atom stereocenters. The van der Waals surface area contributed by atoms with E-state index in [1.165, 1.54) is 0 Å². The van der Waals surface area contributed by atoms with Crippen LogP contribution in [0.2, 0.25) is 0 Å². The molecule has 0 aliphatic rings. The Morgan fingerprint density at radius 3 is 2.21 bits per heavy atom. The maximum Gasteiger partial charge on any atom is 0.119 e. The van der Waals surface area contributed by atoms with Crippen LogP contribution < -0.4 is 10.6 Å². The zero-order valence-corrected chi connectivity index (χ0v) is 8.91. The van der Waals surface area contributed by atoms with Gasteiger partial charge in [0.25, 0.3) is 0 Å². The summed E-state index contributed by atoms with van der Waals surface area (Å²) in [5.41, 5.74) is 0.577. The van der Waals surface area contributed by atoms with E-state index in [1.54, 1.807) is 0 Å². The van der Waals surface area contributed by atoms with E-state index in [9.17, 15) is 0 Å². The molecule has 1 aromatic carbocycles. The van der Waals surface area contributed by atoms with E-state index >= 15 is 0 Å². The van der Waals surface area contributed by atoms with Crippen LogP contribution in [-0.2, 0) is 10.4 Å². The number of rotatable bonds is 4. The molecule has 78 valence electrons. The fraction of sp³-hybridized carbons (Fsp3) is 0.455. The van der Waals surface area contributed by atoms with Gasteiger partial charge >= 0.3 is 0 Å². The summed E-state index contributed by atoms with van der Waals surface area (Å²) in [7, 11) is 0. The highest BCUT2D eigenvalue weighted by Gasteiger charge is 2.19. The highest BCUT2D eigenvalue weighted by molar-refractivity contribution is 5.30. The van der Waals surface area contributed by atoms with Gasteiger partial charge in [0.1, 0.15) is 11.4 Å². The summed E-state index contributed by atoms with van der Waals surface area (Å²) >= 11 is 0. The third-order valence-electron chi connectivity index (χ3n) is 2.16. The molecule has 0 aromatic heterocycles. The first-order chi connectivity index (χ1) is 6.60. The normalized spacial score (nSPS) is 11.4. The van der Waals surface area contributed by atoms with Crippen LogP contribution in [0.4, 0.5) is 0 Å². The summed E-state index contributed by atoms with van der Waals surface area (Å²) in [4.78, 5) is 4.88. The highest BCUT2D eigenvalue weighted by atomic mass is 16.6. The smallest absolute Gasteiger partial charge is 0.119 e. The molecule has 14 heavy (non-hydrogen) atoms. The Kier molecular flexibility index (Phi) is 3.49. The van der Waals surface area contributed by atoms with Gasteiger partial charge in [-0.05, 0) is 38.5 Å². The first-order valence-electron chi connectivity index (χ1n) is 4.71. The molecule has 1 rings (SSSR count). The van der Waals surface area contributed by atoms with Crippen molar-refractivity contribution in [3.63, 3.8) is 0 Å². The largest absolute Gasteiger partial charge is 0.494 e. The van der Waals surface area contributed by atoms with Crippen molar-refractivity contribution in [2.45, 2.75) is 26.4 Å². The third kappa shape index (κ3) is 2.47. The minimum absolute atomic E-state index is 0.454. The molecule has 0 spiro atoms. The van der Waals surface area contributed by atoms with Crippen molar-refractivity contribution in [3.05, 3.63) is 29.8 Å². The average Bonchev–Trinajstić information content (AvgIpc) is 2.19. The Balaban J connectivity index is 2.82. The molecular formula is C11H17NO2. The molecule has 3 heteroatoms. The van der Waals surface area contributed by atoms with E-state index in [4.69, 9.17) is 15.5 Å². The van der Waals surface area contributed by atoms with Gasteiger partial charge in [-0.15, -0.1) is 0 Å². The topological polar surface area (TPSA) is 44.5 Å². The van der Waals surface area contributed by atoms with E-state index in [0.29, 0.717) is 6.61 Å². The number of benzene rings is 1. The van der Waals surface area contributed by atoms with E-state index in [0.717, 1.165) is 11.3 Å². The molecule has 0 unspecified atom stereocenters. The molecular weight excluding hydrogens is 178 g/mol. The zero-order valence-electron chi connectivity index (χ0n) is 8.91. The van der Waals surface area contributed by atoms with Crippen LogP contribution in [-0.4, -0.2) is 6.61 Å². The van der Waals surface area contributed by atoms with Crippen molar-refractivity contribution < 1.29 is 9.57 Å². The van der Waals surface area contributed by atoms with Crippen molar-refractivity contribution in [1.82, 2.24) is 0 Å². The molecule has 0 radical (unpaired) electrons. The van der Waals surface area contributed by atoms with Crippen LogP contribution in [0, 0.1) is 0 Å². The van der Waals surface area contributed by atoms with Crippen LogP contribution >= 0.6 is 0 Å². The van der Waals surface area contributed by atoms with Gasteiger partial charge in [0.15, 0.2) is 0 Å². The molecule has 0 bridgehead atoms. The van der Waals surface area contributed by atoms with Gasteiger partial charge in [0, 0.05) is 0 Å². The van der Waals surface area contributed by atoms with Crippen LogP contribution in [0.1, 0.15) is 26.3 Å². The van der Waals surface area contributed by atoms with Crippen LogP contribution in [0.25, 0.3) is 0 Å².